The molecule has 2 atom stereocenters. The number of nitrogens with one attached hydrogen (secondary N) is 1. The molecule has 1 aliphatic rings. The highest BCUT2D eigenvalue weighted by Crippen LogP contribution is 2.21. The molecule has 0 saturated carbocycles. The van der Waals surface area contributed by atoms with E-state index in [1.807, 2.05) is 7.05 Å². The van der Waals surface area contributed by atoms with E-state index in [9.17, 15) is 0 Å². The van der Waals surface area contributed by atoms with Gasteiger partial charge in [-0.2, -0.15) is 0 Å². The molecule has 1 fully saturated rings. The molecule has 0 aromatic rings. The van der Waals surface area contributed by atoms with Crippen molar-refractivity contribution in [2.75, 3.05) is 33.4 Å². The lowest BCUT2D eigenvalue weighted by Crippen LogP contribution is -2.47. The molecule has 96 valence electrons. The van der Waals surface area contributed by atoms with E-state index in [0.717, 1.165) is 25.8 Å². The molecule has 16 heavy (non-hydrogen) atoms. The van der Waals surface area contributed by atoms with Crippen LogP contribution in [0, 0.1) is 0 Å². The van der Waals surface area contributed by atoms with E-state index in [0.29, 0.717) is 6.04 Å². The Bertz CT molecular complexity index is 175. The van der Waals surface area contributed by atoms with Crippen LogP contribution < -0.4 is 5.32 Å². The Morgan fingerprint density at radius 2 is 2.25 bits per heavy atom. The average molecular weight is 228 g/mol. The van der Waals surface area contributed by atoms with Gasteiger partial charge in [0.05, 0.1) is 6.61 Å². The molecule has 3 heteroatoms. The molecule has 1 rings (SSSR count). The van der Waals surface area contributed by atoms with Crippen LogP contribution in [0.1, 0.15) is 39.5 Å². The van der Waals surface area contributed by atoms with Crippen LogP contribution in [0.2, 0.25) is 0 Å². The highest BCUT2D eigenvalue weighted by Gasteiger charge is 2.25. The largest absolute Gasteiger partial charge is 0.380 e. The number of hydrogen-bond acceptors (Lipinski definition) is 3. The van der Waals surface area contributed by atoms with Crippen molar-refractivity contribution in [3.63, 3.8) is 0 Å². The Balaban J connectivity index is 2.38. The quantitative estimate of drug-likeness (QED) is 0.720. The van der Waals surface area contributed by atoms with Crippen molar-refractivity contribution in [1.82, 2.24) is 10.2 Å². The second-order valence-electron chi connectivity index (χ2n) is 4.79. The first-order valence-electron chi connectivity index (χ1n) is 6.77. The van der Waals surface area contributed by atoms with Gasteiger partial charge in [-0.25, -0.2) is 0 Å². The minimum atomic E-state index is 0.571. The highest BCUT2D eigenvalue weighted by atomic mass is 16.5. The molecule has 0 amide bonds. The van der Waals surface area contributed by atoms with Crippen LogP contribution in [0.15, 0.2) is 0 Å². The predicted octanol–water partition coefficient (Wildman–Crippen LogP) is 1.88. The fourth-order valence-corrected chi connectivity index (χ4v) is 2.61. The summed E-state index contributed by atoms with van der Waals surface area (Å²) in [6.45, 7) is 8.46. The third-order valence-electron chi connectivity index (χ3n) is 3.53. The third kappa shape index (κ3) is 4.40. The zero-order valence-electron chi connectivity index (χ0n) is 11.2. The zero-order valence-corrected chi connectivity index (χ0v) is 11.2. The van der Waals surface area contributed by atoms with Gasteiger partial charge in [-0.05, 0) is 53.2 Å². The summed E-state index contributed by atoms with van der Waals surface area (Å²) in [5.41, 5.74) is 0. The topological polar surface area (TPSA) is 24.5 Å². The Morgan fingerprint density at radius 3 is 2.94 bits per heavy atom. The zero-order chi connectivity index (χ0) is 11.8. The van der Waals surface area contributed by atoms with Crippen LogP contribution in [-0.4, -0.2) is 50.3 Å². The number of piperidine rings is 1. The third-order valence-corrected chi connectivity index (χ3v) is 3.53. The van der Waals surface area contributed by atoms with Crippen LogP contribution in [0.25, 0.3) is 0 Å². The van der Waals surface area contributed by atoms with Gasteiger partial charge in [0, 0.05) is 18.7 Å². The van der Waals surface area contributed by atoms with Crippen molar-refractivity contribution >= 4 is 0 Å². The minimum absolute atomic E-state index is 0.571. The summed E-state index contributed by atoms with van der Waals surface area (Å²) in [6.07, 6.45) is 5.38. The van der Waals surface area contributed by atoms with Gasteiger partial charge in [-0.3, -0.25) is 4.90 Å². The highest BCUT2D eigenvalue weighted by molar-refractivity contribution is 4.81. The van der Waals surface area contributed by atoms with Gasteiger partial charge in [-0.15, -0.1) is 0 Å². The Morgan fingerprint density at radius 1 is 1.44 bits per heavy atom. The second-order valence-corrected chi connectivity index (χ2v) is 4.79. The lowest BCUT2D eigenvalue weighted by molar-refractivity contribution is 0.0319. The first-order valence-corrected chi connectivity index (χ1v) is 6.77. The molecule has 0 radical (unpaired) electrons. The van der Waals surface area contributed by atoms with Gasteiger partial charge in [0.2, 0.25) is 0 Å². The Labute approximate surface area is 101 Å². The second kappa shape index (κ2) is 8.04. The van der Waals surface area contributed by atoms with E-state index in [1.165, 1.54) is 32.2 Å². The molecule has 1 aliphatic heterocycles. The van der Waals surface area contributed by atoms with Crippen molar-refractivity contribution in [3.8, 4) is 0 Å². The van der Waals surface area contributed by atoms with Crippen LogP contribution in [0.3, 0.4) is 0 Å². The number of likely N-dealkylation sites (tertiary alicyclic amines) is 1. The van der Waals surface area contributed by atoms with Gasteiger partial charge < -0.3 is 10.1 Å². The molecule has 0 aromatic carbocycles. The molecule has 2 unspecified atom stereocenters. The smallest absolute Gasteiger partial charge is 0.0619 e. The first kappa shape index (κ1) is 13.9. The number of ether oxygens (including phenoxy) is 1. The summed E-state index contributed by atoms with van der Waals surface area (Å²) in [4.78, 5) is 2.65. The van der Waals surface area contributed by atoms with Gasteiger partial charge in [-0.1, -0.05) is 6.42 Å². The van der Waals surface area contributed by atoms with Gasteiger partial charge in [0.15, 0.2) is 0 Å². The number of rotatable bonds is 7. The van der Waals surface area contributed by atoms with Crippen molar-refractivity contribution in [3.05, 3.63) is 0 Å². The minimum Gasteiger partial charge on any atom is -0.380 e. The van der Waals surface area contributed by atoms with E-state index in [-0.39, 0.29) is 0 Å². The molecular formula is C13H28N2O. The summed E-state index contributed by atoms with van der Waals surface area (Å²) >= 11 is 0. The number of nitrogens with zero attached hydrogens (tertiary/aromatic N) is 1. The summed E-state index contributed by atoms with van der Waals surface area (Å²) in [5.74, 6) is 0. The van der Waals surface area contributed by atoms with E-state index < -0.39 is 0 Å². The lowest BCUT2D eigenvalue weighted by Gasteiger charge is -2.40. The van der Waals surface area contributed by atoms with Crippen LogP contribution in [0.5, 0.6) is 0 Å². The first-order chi connectivity index (χ1) is 7.79. The van der Waals surface area contributed by atoms with E-state index >= 15 is 0 Å². The van der Waals surface area contributed by atoms with Crippen molar-refractivity contribution in [1.29, 1.82) is 0 Å². The van der Waals surface area contributed by atoms with Crippen molar-refractivity contribution in [2.45, 2.75) is 51.6 Å². The lowest BCUT2D eigenvalue weighted by atomic mass is 9.97. The molecule has 1 heterocycles. The van der Waals surface area contributed by atoms with Crippen molar-refractivity contribution in [2.24, 2.45) is 0 Å². The van der Waals surface area contributed by atoms with Crippen LogP contribution in [0.4, 0.5) is 0 Å². The van der Waals surface area contributed by atoms with E-state index in [1.54, 1.807) is 0 Å². The predicted molar refractivity (Wildman–Crippen MR) is 68.8 cm³/mol. The van der Waals surface area contributed by atoms with Gasteiger partial charge in [0.25, 0.3) is 0 Å². The molecule has 1 saturated heterocycles. The van der Waals surface area contributed by atoms with Crippen LogP contribution in [-0.2, 0) is 4.74 Å². The molecule has 0 aromatic heterocycles. The summed E-state index contributed by atoms with van der Waals surface area (Å²) in [7, 11) is 2.04. The maximum absolute atomic E-state index is 5.54. The fourth-order valence-electron chi connectivity index (χ4n) is 2.61. The van der Waals surface area contributed by atoms with E-state index in [4.69, 9.17) is 4.74 Å². The molecular weight excluding hydrogens is 200 g/mol. The molecule has 0 spiro atoms. The van der Waals surface area contributed by atoms with Gasteiger partial charge in [0.1, 0.15) is 0 Å². The standard InChI is InChI=1S/C13H28N2O/c1-4-16-11-12(2)15-10-6-5-7-13(15)8-9-14-3/h12-14H,4-11H2,1-3H3. The summed E-state index contributed by atoms with van der Waals surface area (Å²) in [5, 5.41) is 3.26. The molecule has 0 aliphatic carbocycles. The van der Waals surface area contributed by atoms with Crippen molar-refractivity contribution < 1.29 is 4.74 Å². The maximum atomic E-state index is 5.54. The molecule has 0 bridgehead atoms. The molecule has 1 N–H and O–H groups in total. The Kier molecular flexibility index (Phi) is 7.01. The average Bonchev–Trinajstić information content (AvgIpc) is 2.33. The van der Waals surface area contributed by atoms with E-state index in [2.05, 4.69) is 24.1 Å². The fraction of sp³-hybridized carbons (Fsp3) is 1.00. The summed E-state index contributed by atoms with van der Waals surface area (Å²) in [6, 6.07) is 1.33. The normalized spacial score (nSPS) is 24.6. The Hall–Kier alpha value is -0.120. The SMILES string of the molecule is CCOCC(C)N1CCCCC1CCNC. The van der Waals surface area contributed by atoms with Gasteiger partial charge >= 0.3 is 0 Å². The maximum Gasteiger partial charge on any atom is 0.0619 e. The van der Waals surface area contributed by atoms with Crippen LogP contribution >= 0.6 is 0 Å². The summed E-state index contributed by atoms with van der Waals surface area (Å²) < 4.78 is 5.54. The monoisotopic (exact) mass is 228 g/mol. The number of hydrogen-bond donors (Lipinski definition) is 1. The molecule has 3 nitrogen and oxygen atoms in total.